The monoisotopic (exact) mass is 443 g/mol. The first-order chi connectivity index (χ1) is 13.7. The fourth-order valence-electron chi connectivity index (χ4n) is 3.25. The number of sulfonamides is 1. The van der Waals surface area contributed by atoms with Crippen LogP contribution in [-0.4, -0.2) is 36.0 Å². The van der Waals surface area contributed by atoms with Gasteiger partial charge in [0, 0.05) is 18.7 Å². The zero-order chi connectivity index (χ0) is 20.6. The van der Waals surface area contributed by atoms with Gasteiger partial charge in [0.05, 0.1) is 11.5 Å². The van der Waals surface area contributed by atoms with Gasteiger partial charge in [-0.3, -0.25) is 0 Å². The lowest BCUT2D eigenvalue weighted by molar-refractivity contribution is -0.137. The standard InChI is InChI=1S/C18H16F3N3O3S2/c19-18(20,21)14-6-1-4-12(10-14)16-22-17(27-23-16)13-5-2-8-24(11-13)29(25,26)15-7-3-9-28-15/h1,3-4,6-7,9-10,13H,2,5,8,11H2/t13-/m0/s1. The second-order valence-electron chi connectivity index (χ2n) is 6.67. The number of rotatable bonds is 4. The number of piperidine rings is 1. The summed E-state index contributed by atoms with van der Waals surface area (Å²) in [4.78, 5) is 4.24. The van der Waals surface area contributed by atoms with Gasteiger partial charge in [-0.25, -0.2) is 8.42 Å². The maximum absolute atomic E-state index is 12.9. The highest BCUT2D eigenvalue weighted by molar-refractivity contribution is 7.91. The molecule has 4 rings (SSSR count). The lowest BCUT2D eigenvalue weighted by Gasteiger charge is -2.29. The first-order valence-corrected chi connectivity index (χ1v) is 11.1. The maximum Gasteiger partial charge on any atom is 0.416 e. The summed E-state index contributed by atoms with van der Waals surface area (Å²) >= 11 is 1.15. The Morgan fingerprint density at radius 3 is 2.76 bits per heavy atom. The summed E-state index contributed by atoms with van der Waals surface area (Å²) in [5, 5.41) is 5.50. The van der Waals surface area contributed by atoms with Crippen molar-refractivity contribution in [2.45, 2.75) is 29.1 Å². The molecule has 3 aromatic rings. The van der Waals surface area contributed by atoms with E-state index in [2.05, 4.69) is 10.1 Å². The van der Waals surface area contributed by atoms with Crippen LogP contribution in [0.15, 0.2) is 50.5 Å². The van der Waals surface area contributed by atoms with Gasteiger partial charge in [-0.05, 0) is 36.4 Å². The van der Waals surface area contributed by atoms with Gasteiger partial charge in [0.15, 0.2) is 0 Å². The summed E-state index contributed by atoms with van der Waals surface area (Å²) in [6.45, 7) is 0.579. The number of alkyl halides is 3. The molecule has 1 aliphatic heterocycles. The summed E-state index contributed by atoms with van der Waals surface area (Å²) in [5.74, 6) is -0.0432. The Morgan fingerprint density at radius 2 is 2.03 bits per heavy atom. The zero-order valence-corrected chi connectivity index (χ0v) is 16.6. The molecule has 2 aromatic heterocycles. The third-order valence-electron chi connectivity index (χ3n) is 4.71. The van der Waals surface area contributed by atoms with Crippen LogP contribution in [-0.2, 0) is 16.2 Å². The van der Waals surface area contributed by atoms with E-state index in [1.54, 1.807) is 17.5 Å². The topological polar surface area (TPSA) is 76.3 Å². The minimum absolute atomic E-state index is 0.0457. The molecule has 1 fully saturated rings. The van der Waals surface area contributed by atoms with Crippen molar-refractivity contribution >= 4 is 21.4 Å². The van der Waals surface area contributed by atoms with Crippen LogP contribution >= 0.6 is 11.3 Å². The molecule has 29 heavy (non-hydrogen) atoms. The molecular formula is C18H16F3N3O3S2. The van der Waals surface area contributed by atoms with Crippen LogP contribution in [0, 0.1) is 0 Å². The average Bonchev–Trinajstić information content (AvgIpc) is 3.40. The lowest BCUT2D eigenvalue weighted by atomic mass is 10.00. The van der Waals surface area contributed by atoms with E-state index in [-0.39, 0.29) is 34.0 Å². The number of hydrogen-bond acceptors (Lipinski definition) is 6. The van der Waals surface area contributed by atoms with Crippen molar-refractivity contribution in [3.05, 3.63) is 53.2 Å². The lowest BCUT2D eigenvalue weighted by Crippen LogP contribution is -2.38. The molecule has 0 bridgehead atoms. The second kappa shape index (κ2) is 7.54. The number of halogens is 3. The van der Waals surface area contributed by atoms with E-state index in [0.717, 1.165) is 23.5 Å². The quantitative estimate of drug-likeness (QED) is 0.598. The van der Waals surface area contributed by atoms with Gasteiger partial charge >= 0.3 is 6.18 Å². The smallest absolute Gasteiger partial charge is 0.339 e. The molecule has 1 atom stereocenters. The molecule has 11 heteroatoms. The minimum atomic E-state index is -4.47. The predicted octanol–water partition coefficient (Wildman–Crippen LogP) is 4.39. The van der Waals surface area contributed by atoms with Crippen molar-refractivity contribution in [3.63, 3.8) is 0 Å². The fourth-order valence-corrected chi connectivity index (χ4v) is 5.92. The number of aromatic nitrogens is 2. The van der Waals surface area contributed by atoms with E-state index in [1.165, 1.54) is 16.4 Å². The van der Waals surface area contributed by atoms with Crippen molar-refractivity contribution in [1.82, 2.24) is 14.4 Å². The van der Waals surface area contributed by atoms with Gasteiger partial charge in [-0.2, -0.15) is 22.5 Å². The molecular weight excluding hydrogens is 427 g/mol. The van der Waals surface area contributed by atoms with E-state index < -0.39 is 21.8 Å². The van der Waals surface area contributed by atoms with Gasteiger partial charge in [-0.1, -0.05) is 23.4 Å². The van der Waals surface area contributed by atoms with Crippen LogP contribution in [0.4, 0.5) is 13.2 Å². The van der Waals surface area contributed by atoms with Gasteiger partial charge < -0.3 is 4.52 Å². The Hall–Kier alpha value is -2.24. The van der Waals surface area contributed by atoms with Gasteiger partial charge in [0.2, 0.25) is 11.7 Å². The van der Waals surface area contributed by atoms with Crippen LogP contribution in [0.5, 0.6) is 0 Å². The third kappa shape index (κ3) is 4.07. The van der Waals surface area contributed by atoms with Crippen LogP contribution in [0.3, 0.4) is 0 Å². The molecule has 3 heterocycles. The normalized spacial score (nSPS) is 18.8. The Bertz CT molecular complexity index is 1100. The van der Waals surface area contributed by atoms with E-state index >= 15 is 0 Å². The highest BCUT2D eigenvalue weighted by atomic mass is 32.2. The van der Waals surface area contributed by atoms with Crippen LogP contribution in [0.25, 0.3) is 11.4 Å². The number of nitrogens with zero attached hydrogens (tertiary/aromatic N) is 3. The van der Waals surface area contributed by atoms with Crippen molar-refractivity contribution in [2.24, 2.45) is 0 Å². The Labute approximate surface area is 169 Å². The molecule has 0 radical (unpaired) electrons. The SMILES string of the molecule is O=S(=O)(c1cccs1)N1CCC[C@H](c2nc(-c3cccc(C(F)(F)F)c3)no2)C1. The Kier molecular flexibility index (Phi) is 5.21. The van der Waals surface area contributed by atoms with Crippen LogP contribution in [0.2, 0.25) is 0 Å². The van der Waals surface area contributed by atoms with Crippen LogP contribution < -0.4 is 0 Å². The Morgan fingerprint density at radius 1 is 1.21 bits per heavy atom. The van der Waals surface area contributed by atoms with Gasteiger partial charge in [0.1, 0.15) is 4.21 Å². The molecule has 0 unspecified atom stereocenters. The van der Waals surface area contributed by atoms with Crippen molar-refractivity contribution in [1.29, 1.82) is 0 Å². The molecule has 0 N–H and O–H groups in total. The molecule has 0 spiro atoms. The zero-order valence-electron chi connectivity index (χ0n) is 15.0. The summed E-state index contributed by atoms with van der Waals surface area (Å²) in [5.41, 5.74) is -0.610. The summed E-state index contributed by atoms with van der Waals surface area (Å²) < 4.78 is 71.2. The van der Waals surface area contributed by atoms with E-state index in [4.69, 9.17) is 4.52 Å². The summed E-state index contributed by atoms with van der Waals surface area (Å²) in [7, 11) is -3.59. The maximum atomic E-state index is 12.9. The van der Waals surface area contributed by atoms with E-state index in [1.807, 2.05) is 0 Å². The summed E-state index contributed by atoms with van der Waals surface area (Å²) in [6.07, 6.45) is -3.19. The van der Waals surface area contributed by atoms with Crippen molar-refractivity contribution in [3.8, 4) is 11.4 Å². The minimum Gasteiger partial charge on any atom is -0.339 e. The van der Waals surface area contributed by atoms with E-state index in [9.17, 15) is 21.6 Å². The Balaban J connectivity index is 1.56. The first kappa shape index (κ1) is 20.0. The molecule has 0 aliphatic carbocycles. The van der Waals surface area contributed by atoms with Crippen molar-refractivity contribution in [2.75, 3.05) is 13.1 Å². The molecule has 6 nitrogen and oxygen atoms in total. The predicted molar refractivity (Wildman–Crippen MR) is 99.8 cm³/mol. The molecule has 1 saturated heterocycles. The molecule has 1 aromatic carbocycles. The molecule has 0 saturated carbocycles. The van der Waals surface area contributed by atoms with Crippen LogP contribution in [0.1, 0.15) is 30.2 Å². The summed E-state index contributed by atoms with van der Waals surface area (Å²) in [6, 6.07) is 7.92. The highest BCUT2D eigenvalue weighted by Crippen LogP contribution is 2.34. The third-order valence-corrected chi connectivity index (χ3v) is 7.95. The number of hydrogen-bond donors (Lipinski definition) is 0. The van der Waals surface area contributed by atoms with Gasteiger partial charge in [0.25, 0.3) is 10.0 Å². The average molecular weight is 443 g/mol. The second-order valence-corrected chi connectivity index (χ2v) is 9.78. The molecule has 0 amide bonds. The molecule has 154 valence electrons. The number of thiophene rings is 1. The highest BCUT2D eigenvalue weighted by Gasteiger charge is 2.34. The molecule has 1 aliphatic rings. The fraction of sp³-hybridized carbons (Fsp3) is 0.333. The number of benzene rings is 1. The first-order valence-electron chi connectivity index (χ1n) is 8.80. The van der Waals surface area contributed by atoms with Crippen molar-refractivity contribution < 1.29 is 26.1 Å². The van der Waals surface area contributed by atoms with Gasteiger partial charge in [-0.15, -0.1) is 11.3 Å². The van der Waals surface area contributed by atoms with E-state index in [0.29, 0.717) is 19.4 Å². The largest absolute Gasteiger partial charge is 0.416 e.